The highest BCUT2D eigenvalue weighted by atomic mass is 16.5. The highest BCUT2D eigenvalue weighted by Crippen LogP contribution is 2.41. The topological polar surface area (TPSA) is 69.0 Å². The molecule has 1 aliphatic heterocycles. The number of carbonyl (C=O) groups is 2. The zero-order valence-electron chi connectivity index (χ0n) is 19.6. The Hall–Kier alpha value is -2.76. The molecule has 1 aromatic carbocycles. The Balaban J connectivity index is 1.64. The number of furan rings is 1. The lowest BCUT2D eigenvalue weighted by Crippen LogP contribution is -2.39. The Morgan fingerprint density at radius 1 is 1.22 bits per heavy atom. The van der Waals surface area contributed by atoms with Crippen LogP contribution in [0.15, 0.2) is 16.6 Å². The highest BCUT2D eigenvalue weighted by Gasteiger charge is 2.28. The van der Waals surface area contributed by atoms with E-state index in [2.05, 4.69) is 6.07 Å². The van der Waals surface area contributed by atoms with Gasteiger partial charge in [-0.15, -0.1) is 0 Å². The molecule has 1 saturated heterocycles. The van der Waals surface area contributed by atoms with Crippen molar-refractivity contribution in [1.82, 2.24) is 4.90 Å². The van der Waals surface area contributed by atoms with Gasteiger partial charge in [0.15, 0.2) is 0 Å². The van der Waals surface area contributed by atoms with Gasteiger partial charge < -0.3 is 18.8 Å². The van der Waals surface area contributed by atoms with Gasteiger partial charge in [0.25, 0.3) is 0 Å². The smallest absolute Gasteiger partial charge is 0.308 e. The Morgan fingerprint density at radius 3 is 2.62 bits per heavy atom. The van der Waals surface area contributed by atoms with E-state index in [0.29, 0.717) is 32.5 Å². The predicted octanol–water partition coefficient (Wildman–Crippen LogP) is 4.83. The molecular weight excluding hydrogens is 406 g/mol. The molecule has 1 amide bonds. The number of benzene rings is 1. The summed E-state index contributed by atoms with van der Waals surface area (Å²) in [5.74, 6) is 1.56. The van der Waals surface area contributed by atoms with Gasteiger partial charge in [-0.05, 0) is 64.5 Å². The van der Waals surface area contributed by atoms with Crippen molar-refractivity contribution in [2.75, 3.05) is 26.8 Å². The molecule has 6 heteroatoms. The van der Waals surface area contributed by atoms with Gasteiger partial charge in [-0.3, -0.25) is 9.59 Å². The molecule has 172 valence electrons. The number of fused-ring (bicyclic) bond motifs is 3. The molecule has 0 N–H and O–H groups in total. The van der Waals surface area contributed by atoms with E-state index in [-0.39, 0.29) is 17.8 Å². The lowest BCUT2D eigenvalue weighted by Gasteiger charge is -2.30. The van der Waals surface area contributed by atoms with Crippen molar-refractivity contribution in [2.24, 2.45) is 5.92 Å². The first kappa shape index (κ1) is 22.4. The van der Waals surface area contributed by atoms with E-state index in [1.165, 1.54) is 19.1 Å². The fourth-order valence-corrected chi connectivity index (χ4v) is 5.02. The fraction of sp³-hybridized carbons (Fsp3) is 0.538. The van der Waals surface area contributed by atoms with Gasteiger partial charge in [-0.2, -0.15) is 0 Å². The zero-order valence-corrected chi connectivity index (χ0v) is 19.6. The zero-order chi connectivity index (χ0) is 22.8. The third-order valence-corrected chi connectivity index (χ3v) is 6.82. The molecule has 0 atom stereocenters. The Bertz CT molecular complexity index is 1060. The summed E-state index contributed by atoms with van der Waals surface area (Å²) in [4.78, 5) is 26.6. The van der Waals surface area contributed by atoms with E-state index in [1.54, 1.807) is 6.08 Å². The van der Waals surface area contributed by atoms with Gasteiger partial charge in [0.2, 0.25) is 5.91 Å². The molecular formula is C26H33NO5. The lowest BCUT2D eigenvalue weighted by atomic mass is 9.92. The van der Waals surface area contributed by atoms with E-state index in [0.717, 1.165) is 58.4 Å². The minimum Gasteiger partial charge on any atom is -0.493 e. The summed E-state index contributed by atoms with van der Waals surface area (Å²) in [6.45, 7) is 7.65. The van der Waals surface area contributed by atoms with Crippen LogP contribution in [0.4, 0.5) is 0 Å². The van der Waals surface area contributed by atoms with Crippen LogP contribution in [-0.4, -0.2) is 43.6 Å². The van der Waals surface area contributed by atoms with Crippen molar-refractivity contribution in [2.45, 2.75) is 59.3 Å². The number of methoxy groups -OCH3 is 1. The van der Waals surface area contributed by atoms with Gasteiger partial charge in [0.1, 0.15) is 17.1 Å². The van der Waals surface area contributed by atoms with Crippen LogP contribution in [0.25, 0.3) is 16.5 Å². The quantitative estimate of drug-likeness (QED) is 0.493. The summed E-state index contributed by atoms with van der Waals surface area (Å²) >= 11 is 0. The monoisotopic (exact) mass is 439 g/mol. The maximum absolute atomic E-state index is 13.0. The van der Waals surface area contributed by atoms with Crippen molar-refractivity contribution < 1.29 is 23.5 Å². The summed E-state index contributed by atoms with van der Waals surface area (Å²) < 4.78 is 17.1. The normalized spacial score (nSPS) is 17.4. The second-order valence-electron chi connectivity index (χ2n) is 8.85. The third kappa shape index (κ3) is 4.15. The van der Waals surface area contributed by atoms with E-state index in [1.807, 2.05) is 25.7 Å². The Morgan fingerprint density at radius 2 is 1.94 bits per heavy atom. The van der Waals surface area contributed by atoms with E-state index in [9.17, 15) is 9.59 Å². The average Bonchev–Trinajstić information content (AvgIpc) is 3.19. The number of ether oxygens (including phenoxy) is 2. The number of esters is 1. The first-order valence-corrected chi connectivity index (χ1v) is 11.7. The first-order chi connectivity index (χ1) is 15.4. The van der Waals surface area contributed by atoms with E-state index in [4.69, 9.17) is 13.9 Å². The fourth-order valence-electron chi connectivity index (χ4n) is 5.02. The molecule has 1 fully saturated rings. The summed E-state index contributed by atoms with van der Waals surface area (Å²) in [5, 5.41) is 1.15. The minimum absolute atomic E-state index is 0.0276. The summed E-state index contributed by atoms with van der Waals surface area (Å²) in [7, 11) is 1.41. The number of piperidine rings is 1. The minimum atomic E-state index is -0.183. The molecule has 1 aromatic heterocycles. The van der Waals surface area contributed by atoms with Crippen LogP contribution in [0.3, 0.4) is 0 Å². The van der Waals surface area contributed by atoms with E-state index >= 15 is 0 Å². The molecule has 4 rings (SSSR count). The summed E-state index contributed by atoms with van der Waals surface area (Å²) in [6, 6.07) is 2.14. The number of allylic oxidation sites excluding steroid dienone is 1. The molecule has 32 heavy (non-hydrogen) atoms. The largest absolute Gasteiger partial charge is 0.493 e. The van der Waals surface area contributed by atoms with Gasteiger partial charge in [-0.1, -0.05) is 0 Å². The van der Waals surface area contributed by atoms with Gasteiger partial charge in [-0.25, -0.2) is 0 Å². The van der Waals surface area contributed by atoms with Crippen LogP contribution in [0.2, 0.25) is 0 Å². The SMILES string of the molecule is CCOc1c(/C(C)=C/C(=O)N2CCC(C(=O)OC)CC2)cc2c3c(oc2c1C)CCCC3. The standard InChI is InChI=1S/C26H33NO5/c1-5-31-24-17(3)25-21(19-8-6-7-9-22(19)32-25)15-20(24)16(2)14-23(28)27-12-10-18(11-13-27)26(29)30-4/h14-15,18H,5-13H2,1-4H3/b16-14+. The second kappa shape index (κ2) is 9.39. The number of likely N-dealkylation sites (tertiary alicyclic amines) is 1. The summed E-state index contributed by atoms with van der Waals surface area (Å²) in [5.41, 5.74) is 5.04. The predicted molar refractivity (Wildman–Crippen MR) is 124 cm³/mol. The van der Waals surface area contributed by atoms with Gasteiger partial charge in [0.05, 0.1) is 19.6 Å². The molecule has 2 aliphatic rings. The second-order valence-corrected chi connectivity index (χ2v) is 8.85. The lowest BCUT2D eigenvalue weighted by molar-refractivity contribution is -0.148. The molecule has 0 radical (unpaired) electrons. The molecule has 0 bridgehead atoms. The van der Waals surface area contributed by atoms with Crippen molar-refractivity contribution in [3.63, 3.8) is 0 Å². The number of aryl methyl sites for hydroxylation is 3. The highest BCUT2D eigenvalue weighted by molar-refractivity contribution is 5.98. The first-order valence-electron chi connectivity index (χ1n) is 11.7. The molecule has 0 spiro atoms. The number of carbonyl (C=O) groups excluding carboxylic acids is 2. The molecule has 2 aromatic rings. The van der Waals surface area contributed by atoms with Crippen molar-refractivity contribution in [3.8, 4) is 5.75 Å². The number of rotatable bonds is 5. The molecule has 0 unspecified atom stereocenters. The molecule has 2 heterocycles. The van der Waals surface area contributed by atoms with Crippen LogP contribution < -0.4 is 4.74 Å². The molecule has 6 nitrogen and oxygen atoms in total. The van der Waals surface area contributed by atoms with Crippen molar-refractivity contribution in [3.05, 3.63) is 34.6 Å². The van der Waals surface area contributed by atoms with Crippen LogP contribution in [0.1, 0.15) is 62.0 Å². The van der Waals surface area contributed by atoms with Crippen LogP contribution in [0.5, 0.6) is 5.75 Å². The molecule has 0 saturated carbocycles. The number of hydrogen-bond donors (Lipinski definition) is 0. The molecule has 1 aliphatic carbocycles. The number of amides is 1. The van der Waals surface area contributed by atoms with Gasteiger partial charge >= 0.3 is 5.97 Å². The van der Waals surface area contributed by atoms with Crippen molar-refractivity contribution >= 4 is 28.4 Å². The van der Waals surface area contributed by atoms with Gasteiger partial charge in [0, 0.05) is 47.7 Å². The average molecular weight is 440 g/mol. The Labute approximate surface area is 189 Å². The maximum atomic E-state index is 13.0. The van der Waals surface area contributed by atoms with E-state index < -0.39 is 0 Å². The summed E-state index contributed by atoms with van der Waals surface area (Å²) in [6.07, 6.45) is 7.34. The third-order valence-electron chi connectivity index (χ3n) is 6.82. The van der Waals surface area contributed by atoms with Crippen LogP contribution in [0, 0.1) is 12.8 Å². The van der Waals surface area contributed by atoms with Crippen LogP contribution in [-0.2, 0) is 27.2 Å². The van der Waals surface area contributed by atoms with Crippen molar-refractivity contribution in [1.29, 1.82) is 0 Å². The Kier molecular flexibility index (Phi) is 6.58. The number of hydrogen-bond acceptors (Lipinski definition) is 5. The number of nitrogens with zero attached hydrogens (tertiary/aromatic N) is 1. The maximum Gasteiger partial charge on any atom is 0.308 e. The van der Waals surface area contributed by atoms with Crippen LogP contribution >= 0.6 is 0 Å².